The van der Waals surface area contributed by atoms with Crippen molar-refractivity contribution in [3.63, 3.8) is 0 Å². The molecule has 0 amide bonds. The number of aryl methyl sites for hydroxylation is 1. The normalized spacial score (nSPS) is 17.6. The number of carbonyl (C=O) groups is 2. The molecule has 1 aliphatic carbocycles. The topological polar surface area (TPSA) is 72.8 Å². The number of hydrogen-bond donors (Lipinski definition) is 1. The minimum absolute atomic E-state index is 0.182. The molecular formula is C24H28O5. The van der Waals surface area contributed by atoms with Crippen LogP contribution in [0.25, 0.3) is 0 Å². The molecule has 29 heavy (non-hydrogen) atoms. The van der Waals surface area contributed by atoms with Crippen LogP contribution in [0.1, 0.15) is 84.5 Å². The summed E-state index contributed by atoms with van der Waals surface area (Å²) in [7, 11) is 0. The zero-order chi connectivity index (χ0) is 20.9. The van der Waals surface area contributed by atoms with Gasteiger partial charge in [0, 0.05) is 28.7 Å². The predicted molar refractivity (Wildman–Crippen MR) is 110 cm³/mol. The summed E-state index contributed by atoms with van der Waals surface area (Å²) in [5.74, 6) is -2.49. The molecule has 1 aliphatic rings. The van der Waals surface area contributed by atoms with Gasteiger partial charge in [-0.1, -0.05) is 81.0 Å². The first-order valence-electron chi connectivity index (χ1n) is 10.3. The van der Waals surface area contributed by atoms with Crippen molar-refractivity contribution in [1.82, 2.24) is 0 Å². The number of carbonyl (C=O) groups excluding carboxylic acids is 2. The number of benzene rings is 2. The summed E-state index contributed by atoms with van der Waals surface area (Å²) in [6.07, 6.45) is 6.52. The zero-order valence-corrected chi connectivity index (χ0v) is 17.1. The Kier molecular flexibility index (Phi) is 6.83. The molecule has 1 N–H and O–H groups in total. The van der Waals surface area contributed by atoms with Gasteiger partial charge in [-0.05, 0) is 19.4 Å². The van der Waals surface area contributed by atoms with Gasteiger partial charge in [-0.15, -0.1) is 0 Å². The standard InChI is InChI=1S/C24H28O5/c1-3-4-5-6-7-8-13-22(25)28-24(29-27)20-12-10-9-11-18(20)23(26)19-16-17(2)14-15-21(19)24/h9-12,14-16,27H,3-8,13H2,1-2H3. The summed E-state index contributed by atoms with van der Waals surface area (Å²) in [4.78, 5) is 30.5. The van der Waals surface area contributed by atoms with Crippen LogP contribution >= 0.6 is 0 Å². The zero-order valence-electron chi connectivity index (χ0n) is 17.1. The maximum absolute atomic E-state index is 13.0. The first kappa shape index (κ1) is 21.2. The van der Waals surface area contributed by atoms with Crippen molar-refractivity contribution in [2.45, 2.75) is 64.6 Å². The molecule has 0 aromatic heterocycles. The number of esters is 1. The van der Waals surface area contributed by atoms with E-state index in [0.29, 0.717) is 28.7 Å². The Labute approximate surface area is 171 Å². The van der Waals surface area contributed by atoms with Gasteiger partial charge in [0.2, 0.25) is 0 Å². The van der Waals surface area contributed by atoms with Gasteiger partial charge >= 0.3 is 5.97 Å². The van der Waals surface area contributed by atoms with Crippen LogP contribution in [0.5, 0.6) is 0 Å². The van der Waals surface area contributed by atoms with Crippen molar-refractivity contribution >= 4 is 11.8 Å². The van der Waals surface area contributed by atoms with Crippen molar-refractivity contribution in [1.29, 1.82) is 0 Å². The molecule has 5 heteroatoms. The third kappa shape index (κ3) is 4.26. The van der Waals surface area contributed by atoms with Crippen LogP contribution in [0.2, 0.25) is 0 Å². The molecule has 1 atom stereocenters. The van der Waals surface area contributed by atoms with Gasteiger partial charge < -0.3 is 4.74 Å². The molecule has 0 bridgehead atoms. The fourth-order valence-corrected chi connectivity index (χ4v) is 3.88. The van der Waals surface area contributed by atoms with E-state index in [1.54, 1.807) is 42.5 Å². The molecule has 2 aromatic carbocycles. The molecule has 0 fully saturated rings. The molecule has 5 nitrogen and oxygen atoms in total. The van der Waals surface area contributed by atoms with E-state index < -0.39 is 11.8 Å². The van der Waals surface area contributed by atoms with Crippen LogP contribution in [0.15, 0.2) is 42.5 Å². The molecule has 2 aromatic rings. The summed E-state index contributed by atoms with van der Waals surface area (Å²) >= 11 is 0. The number of hydrogen-bond acceptors (Lipinski definition) is 5. The van der Waals surface area contributed by atoms with E-state index in [4.69, 9.17) is 9.62 Å². The molecule has 154 valence electrons. The molecule has 1 unspecified atom stereocenters. The lowest BCUT2D eigenvalue weighted by molar-refractivity contribution is -0.384. The van der Waals surface area contributed by atoms with Gasteiger partial charge in [0.05, 0.1) is 0 Å². The minimum Gasteiger partial charge on any atom is -0.421 e. The molecule has 0 radical (unpaired) electrons. The fraction of sp³-hybridized carbons (Fsp3) is 0.417. The highest BCUT2D eigenvalue weighted by atomic mass is 17.1. The highest BCUT2D eigenvalue weighted by molar-refractivity contribution is 6.13. The van der Waals surface area contributed by atoms with E-state index in [-0.39, 0.29) is 12.2 Å². The summed E-state index contributed by atoms with van der Waals surface area (Å²) in [5, 5.41) is 9.92. The largest absolute Gasteiger partial charge is 0.421 e. The first-order chi connectivity index (χ1) is 14.0. The summed E-state index contributed by atoms with van der Waals surface area (Å²) in [5.41, 5.74) is 2.28. The summed E-state index contributed by atoms with van der Waals surface area (Å²) < 4.78 is 5.73. The Morgan fingerprint density at radius 2 is 1.66 bits per heavy atom. The third-order valence-electron chi connectivity index (χ3n) is 5.42. The van der Waals surface area contributed by atoms with Crippen molar-refractivity contribution in [3.8, 4) is 0 Å². The average Bonchev–Trinajstić information content (AvgIpc) is 2.73. The first-order valence-corrected chi connectivity index (χ1v) is 10.3. The monoisotopic (exact) mass is 396 g/mol. The van der Waals surface area contributed by atoms with Crippen LogP contribution in [0, 0.1) is 6.92 Å². The Hall–Kier alpha value is -2.50. The Balaban J connectivity index is 1.87. The van der Waals surface area contributed by atoms with E-state index in [1.165, 1.54) is 12.8 Å². The SMILES string of the molecule is CCCCCCCCC(=O)OC1(OO)c2ccccc2C(=O)c2cc(C)ccc21. The lowest BCUT2D eigenvalue weighted by Gasteiger charge is -2.36. The van der Waals surface area contributed by atoms with Crippen molar-refractivity contribution in [2.75, 3.05) is 0 Å². The van der Waals surface area contributed by atoms with Crippen molar-refractivity contribution in [2.24, 2.45) is 0 Å². The molecule has 0 heterocycles. The van der Waals surface area contributed by atoms with Gasteiger partial charge in [-0.25, -0.2) is 5.26 Å². The third-order valence-corrected chi connectivity index (χ3v) is 5.42. The fourth-order valence-electron chi connectivity index (χ4n) is 3.88. The van der Waals surface area contributed by atoms with Crippen LogP contribution in [-0.4, -0.2) is 17.0 Å². The van der Waals surface area contributed by atoms with E-state index in [9.17, 15) is 14.8 Å². The Bertz CT molecular complexity index is 889. The lowest BCUT2D eigenvalue weighted by Crippen LogP contribution is -2.41. The molecular weight excluding hydrogens is 368 g/mol. The van der Waals surface area contributed by atoms with E-state index in [2.05, 4.69) is 6.92 Å². The quantitative estimate of drug-likeness (QED) is 0.198. The van der Waals surface area contributed by atoms with Gasteiger partial charge in [0.25, 0.3) is 5.79 Å². The van der Waals surface area contributed by atoms with Gasteiger partial charge in [-0.3, -0.25) is 9.59 Å². The number of unbranched alkanes of at least 4 members (excludes halogenated alkanes) is 5. The molecule has 0 aliphatic heterocycles. The summed E-state index contributed by atoms with van der Waals surface area (Å²) in [6.45, 7) is 4.04. The number of fused-ring (bicyclic) bond motifs is 2. The predicted octanol–water partition coefficient (Wildman–Crippen LogP) is 5.52. The van der Waals surface area contributed by atoms with Crippen LogP contribution in [0.3, 0.4) is 0 Å². The van der Waals surface area contributed by atoms with Crippen molar-refractivity contribution < 1.29 is 24.5 Å². The maximum atomic E-state index is 13.0. The number of rotatable bonds is 9. The van der Waals surface area contributed by atoms with Crippen LogP contribution in [0.4, 0.5) is 0 Å². The second kappa shape index (κ2) is 9.33. The minimum atomic E-state index is -1.84. The van der Waals surface area contributed by atoms with Crippen LogP contribution in [-0.2, 0) is 20.2 Å². The highest BCUT2D eigenvalue weighted by Crippen LogP contribution is 2.43. The van der Waals surface area contributed by atoms with Crippen molar-refractivity contribution in [3.05, 3.63) is 70.3 Å². The molecule has 0 saturated carbocycles. The Morgan fingerprint density at radius 3 is 2.41 bits per heavy atom. The number of ketones is 1. The van der Waals surface area contributed by atoms with E-state index in [0.717, 1.165) is 24.8 Å². The summed E-state index contributed by atoms with van der Waals surface area (Å²) in [6, 6.07) is 12.0. The smallest absolute Gasteiger partial charge is 0.308 e. The van der Waals surface area contributed by atoms with E-state index >= 15 is 0 Å². The molecule has 0 saturated heterocycles. The Morgan fingerprint density at radius 1 is 0.966 bits per heavy atom. The average molecular weight is 396 g/mol. The van der Waals surface area contributed by atoms with Gasteiger partial charge in [-0.2, -0.15) is 4.89 Å². The van der Waals surface area contributed by atoms with Crippen LogP contribution < -0.4 is 0 Å². The van der Waals surface area contributed by atoms with Gasteiger partial charge in [0.1, 0.15) is 0 Å². The maximum Gasteiger partial charge on any atom is 0.308 e. The molecule has 0 spiro atoms. The van der Waals surface area contributed by atoms with E-state index in [1.807, 2.05) is 6.92 Å². The van der Waals surface area contributed by atoms with Gasteiger partial charge in [0.15, 0.2) is 5.78 Å². The second-order valence-corrected chi connectivity index (χ2v) is 7.62. The molecule has 3 rings (SSSR count). The number of ether oxygens (including phenoxy) is 1. The second-order valence-electron chi connectivity index (χ2n) is 7.62. The lowest BCUT2D eigenvalue weighted by atomic mass is 9.80. The highest BCUT2D eigenvalue weighted by Gasteiger charge is 2.49.